The predicted molar refractivity (Wildman–Crippen MR) is 141 cm³/mol. The van der Waals surface area contributed by atoms with Gasteiger partial charge >= 0.3 is 0 Å². The van der Waals surface area contributed by atoms with Crippen molar-refractivity contribution in [3.05, 3.63) is 77.9 Å². The van der Waals surface area contributed by atoms with Gasteiger partial charge in [0.1, 0.15) is 11.5 Å². The number of ether oxygens (including phenoxy) is 2. The number of likely N-dealkylation sites (N-methyl/N-ethyl adjacent to an activating group) is 1. The molecule has 2 amide bonds. The van der Waals surface area contributed by atoms with Crippen LogP contribution in [0.4, 0.5) is 11.4 Å². The summed E-state index contributed by atoms with van der Waals surface area (Å²) in [5.41, 5.74) is 2.72. The molecule has 194 valence electrons. The Labute approximate surface area is 216 Å². The average Bonchev–Trinajstić information content (AvgIpc) is 3.32. The summed E-state index contributed by atoms with van der Waals surface area (Å²) in [5.74, 6) is 0.588. The Morgan fingerprint density at radius 1 is 1.00 bits per heavy atom. The first-order chi connectivity index (χ1) is 17.7. The van der Waals surface area contributed by atoms with Crippen molar-refractivity contribution in [2.75, 3.05) is 44.1 Å². The summed E-state index contributed by atoms with van der Waals surface area (Å²) < 4.78 is 37.3. The minimum atomic E-state index is -3.87. The molecule has 3 aromatic carbocycles. The van der Waals surface area contributed by atoms with Crippen LogP contribution in [-0.2, 0) is 21.2 Å². The number of sulfonamides is 1. The SMILES string of the molecule is CCOc1ccc(S(=O)(=O)N(C)CC(=O)Nc2ccc3c(c2)N(C(=O)c2ccc(OC)cc2)CC3)cc1. The first-order valence-electron chi connectivity index (χ1n) is 11.8. The number of hydrogen-bond donors (Lipinski definition) is 1. The fourth-order valence-corrected chi connectivity index (χ4v) is 5.23. The van der Waals surface area contributed by atoms with Gasteiger partial charge in [-0.2, -0.15) is 4.31 Å². The predicted octanol–water partition coefficient (Wildman–Crippen LogP) is 3.56. The number of anilines is 2. The molecule has 0 aliphatic carbocycles. The molecular formula is C27H29N3O6S. The summed E-state index contributed by atoms with van der Waals surface area (Å²) in [7, 11) is -0.952. The number of nitrogens with zero attached hydrogens (tertiary/aromatic N) is 2. The summed E-state index contributed by atoms with van der Waals surface area (Å²) in [6.45, 7) is 2.47. The van der Waals surface area contributed by atoms with E-state index in [1.165, 1.54) is 19.2 Å². The maximum atomic E-state index is 13.1. The molecule has 37 heavy (non-hydrogen) atoms. The number of methoxy groups -OCH3 is 1. The molecule has 1 heterocycles. The largest absolute Gasteiger partial charge is 0.497 e. The standard InChI is InChI=1S/C27H29N3O6S/c1-4-36-23-11-13-24(14-12-23)37(33,34)29(2)18-26(31)28-21-8-5-19-15-16-30(25(19)17-21)27(32)20-6-9-22(35-3)10-7-20/h5-14,17H,4,15-16,18H2,1-3H3,(H,28,31). The van der Waals surface area contributed by atoms with Gasteiger partial charge in [-0.05, 0) is 79.6 Å². The zero-order chi connectivity index (χ0) is 26.6. The fraction of sp³-hybridized carbons (Fsp3) is 0.259. The zero-order valence-electron chi connectivity index (χ0n) is 20.9. The number of carbonyl (C=O) groups excluding carboxylic acids is 2. The molecule has 0 saturated carbocycles. The van der Waals surface area contributed by atoms with E-state index in [-0.39, 0.29) is 17.3 Å². The fourth-order valence-electron chi connectivity index (χ4n) is 4.10. The topological polar surface area (TPSA) is 105 Å². The van der Waals surface area contributed by atoms with Crippen LogP contribution in [0.3, 0.4) is 0 Å². The molecule has 0 atom stereocenters. The molecule has 0 aromatic heterocycles. The molecule has 0 radical (unpaired) electrons. The lowest BCUT2D eigenvalue weighted by molar-refractivity contribution is -0.116. The summed E-state index contributed by atoms with van der Waals surface area (Å²) in [6, 6.07) is 18.3. The number of amides is 2. The third-order valence-corrected chi connectivity index (χ3v) is 7.87. The Kier molecular flexibility index (Phi) is 7.80. The van der Waals surface area contributed by atoms with Crippen LogP contribution >= 0.6 is 0 Å². The number of nitrogens with one attached hydrogen (secondary N) is 1. The lowest BCUT2D eigenvalue weighted by Crippen LogP contribution is -2.35. The van der Waals surface area contributed by atoms with Gasteiger partial charge in [0.05, 0.1) is 25.2 Å². The van der Waals surface area contributed by atoms with Crippen molar-refractivity contribution < 1.29 is 27.5 Å². The second-order valence-corrected chi connectivity index (χ2v) is 10.5. The van der Waals surface area contributed by atoms with Crippen molar-refractivity contribution in [2.45, 2.75) is 18.2 Å². The first kappa shape index (κ1) is 26.2. The van der Waals surface area contributed by atoms with Crippen LogP contribution in [0.25, 0.3) is 0 Å². The van der Waals surface area contributed by atoms with Crippen LogP contribution in [0, 0.1) is 0 Å². The van der Waals surface area contributed by atoms with Crippen molar-refractivity contribution in [2.24, 2.45) is 0 Å². The average molecular weight is 524 g/mol. The highest BCUT2D eigenvalue weighted by molar-refractivity contribution is 7.89. The van der Waals surface area contributed by atoms with Crippen LogP contribution in [0.2, 0.25) is 0 Å². The maximum Gasteiger partial charge on any atom is 0.258 e. The molecule has 0 unspecified atom stereocenters. The molecule has 0 saturated heterocycles. The minimum absolute atomic E-state index is 0.0662. The molecule has 0 bridgehead atoms. The Morgan fingerprint density at radius 3 is 2.32 bits per heavy atom. The van der Waals surface area contributed by atoms with Crippen LogP contribution in [-0.4, -0.2) is 58.4 Å². The van der Waals surface area contributed by atoms with E-state index in [4.69, 9.17) is 9.47 Å². The third kappa shape index (κ3) is 5.76. The third-order valence-electron chi connectivity index (χ3n) is 6.06. The number of fused-ring (bicyclic) bond motifs is 1. The maximum absolute atomic E-state index is 13.1. The summed E-state index contributed by atoms with van der Waals surface area (Å²) in [5, 5.41) is 2.75. The quantitative estimate of drug-likeness (QED) is 0.460. The molecular weight excluding hydrogens is 494 g/mol. The van der Waals surface area contributed by atoms with E-state index in [2.05, 4.69) is 5.32 Å². The molecule has 4 rings (SSSR count). The highest BCUT2D eigenvalue weighted by Crippen LogP contribution is 2.32. The molecule has 0 spiro atoms. The monoisotopic (exact) mass is 523 g/mol. The normalized spacial score (nSPS) is 12.8. The number of hydrogen-bond acceptors (Lipinski definition) is 6. The van der Waals surface area contributed by atoms with Gasteiger partial charge in [-0.3, -0.25) is 9.59 Å². The van der Waals surface area contributed by atoms with Gasteiger partial charge in [-0.25, -0.2) is 8.42 Å². The zero-order valence-corrected chi connectivity index (χ0v) is 21.7. The summed E-state index contributed by atoms with van der Waals surface area (Å²) in [4.78, 5) is 27.6. The Balaban J connectivity index is 1.43. The van der Waals surface area contributed by atoms with E-state index in [9.17, 15) is 18.0 Å². The summed E-state index contributed by atoms with van der Waals surface area (Å²) >= 11 is 0. The Hall–Kier alpha value is -3.89. The second-order valence-electron chi connectivity index (χ2n) is 8.49. The number of rotatable bonds is 9. The van der Waals surface area contributed by atoms with Gasteiger partial charge in [-0.15, -0.1) is 0 Å². The van der Waals surface area contributed by atoms with E-state index in [1.807, 2.05) is 13.0 Å². The van der Waals surface area contributed by atoms with E-state index >= 15 is 0 Å². The van der Waals surface area contributed by atoms with Gasteiger partial charge < -0.3 is 19.7 Å². The Bertz CT molecular complexity index is 1390. The van der Waals surface area contributed by atoms with E-state index in [1.54, 1.807) is 60.5 Å². The van der Waals surface area contributed by atoms with E-state index in [0.717, 1.165) is 9.87 Å². The molecule has 1 aliphatic heterocycles. The van der Waals surface area contributed by atoms with Crippen molar-refractivity contribution in [3.63, 3.8) is 0 Å². The summed E-state index contributed by atoms with van der Waals surface area (Å²) in [6.07, 6.45) is 0.703. The van der Waals surface area contributed by atoms with Crippen molar-refractivity contribution in [1.29, 1.82) is 0 Å². The van der Waals surface area contributed by atoms with Gasteiger partial charge in [0, 0.05) is 30.5 Å². The Morgan fingerprint density at radius 2 is 1.68 bits per heavy atom. The van der Waals surface area contributed by atoms with Crippen molar-refractivity contribution in [1.82, 2.24) is 4.31 Å². The molecule has 0 fully saturated rings. The molecule has 1 aliphatic rings. The first-order valence-corrected chi connectivity index (χ1v) is 13.2. The molecule has 10 heteroatoms. The van der Waals surface area contributed by atoms with Crippen LogP contribution in [0.1, 0.15) is 22.8 Å². The van der Waals surface area contributed by atoms with Crippen LogP contribution in [0.5, 0.6) is 11.5 Å². The van der Waals surface area contributed by atoms with Crippen molar-refractivity contribution >= 4 is 33.2 Å². The highest BCUT2D eigenvalue weighted by Gasteiger charge is 2.27. The van der Waals surface area contributed by atoms with Gasteiger partial charge in [0.15, 0.2) is 0 Å². The van der Waals surface area contributed by atoms with Gasteiger partial charge in [0.25, 0.3) is 5.91 Å². The van der Waals surface area contributed by atoms with Gasteiger partial charge in [-0.1, -0.05) is 6.07 Å². The van der Waals surface area contributed by atoms with Gasteiger partial charge in [0.2, 0.25) is 15.9 Å². The van der Waals surface area contributed by atoms with Crippen molar-refractivity contribution in [3.8, 4) is 11.5 Å². The minimum Gasteiger partial charge on any atom is -0.497 e. The smallest absolute Gasteiger partial charge is 0.258 e. The van der Waals surface area contributed by atoms with Crippen LogP contribution < -0.4 is 19.7 Å². The number of carbonyl (C=O) groups is 2. The van der Waals surface area contributed by atoms with Crippen LogP contribution in [0.15, 0.2) is 71.6 Å². The second kappa shape index (κ2) is 11.0. The highest BCUT2D eigenvalue weighted by atomic mass is 32.2. The molecule has 1 N–H and O–H groups in total. The van der Waals surface area contributed by atoms with E-state index < -0.39 is 15.9 Å². The van der Waals surface area contributed by atoms with E-state index in [0.29, 0.717) is 48.0 Å². The molecule has 3 aromatic rings. The lowest BCUT2D eigenvalue weighted by Gasteiger charge is -2.19. The molecule has 9 nitrogen and oxygen atoms in total. The number of benzene rings is 3. The lowest BCUT2D eigenvalue weighted by atomic mass is 10.1.